The van der Waals surface area contributed by atoms with Crippen molar-refractivity contribution in [2.75, 3.05) is 13.2 Å². The molecule has 14 heavy (non-hydrogen) atoms. The lowest BCUT2D eigenvalue weighted by Crippen LogP contribution is -2.38. The first kappa shape index (κ1) is 13.4. The lowest BCUT2D eigenvalue weighted by molar-refractivity contribution is -0.122. The van der Waals surface area contributed by atoms with E-state index in [1.165, 1.54) is 0 Å². The van der Waals surface area contributed by atoms with Crippen molar-refractivity contribution in [3.8, 4) is 0 Å². The molecule has 0 aliphatic rings. The van der Waals surface area contributed by atoms with E-state index < -0.39 is 0 Å². The Kier molecular flexibility index (Phi) is 7.42. The van der Waals surface area contributed by atoms with Crippen molar-refractivity contribution in [1.82, 2.24) is 10.6 Å². The molecular formula is C10H22N2O2. The van der Waals surface area contributed by atoms with E-state index in [4.69, 9.17) is 5.11 Å². The van der Waals surface area contributed by atoms with Gasteiger partial charge >= 0.3 is 0 Å². The van der Waals surface area contributed by atoms with Gasteiger partial charge in [0.15, 0.2) is 0 Å². The zero-order valence-corrected chi connectivity index (χ0v) is 9.34. The van der Waals surface area contributed by atoms with Crippen LogP contribution in [0.1, 0.15) is 33.6 Å². The van der Waals surface area contributed by atoms with Gasteiger partial charge in [0.1, 0.15) is 0 Å². The van der Waals surface area contributed by atoms with Gasteiger partial charge < -0.3 is 15.7 Å². The lowest BCUT2D eigenvalue weighted by Gasteiger charge is -2.15. The third kappa shape index (κ3) is 6.86. The molecule has 0 fully saturated rings. The number of carbonyl (C=O) groups is 1. The van der Waals surface area contributed by atoms with Crippen LogP contribution >= 0.6 is 0 Å². The molecule has 0 saturated carbocycles. The molecule has 0 aromatic rings. The Labute approximate surface area is 86.1 Å². The van der Waals surface area contributed by atoms with E-state index in [9.17, 15) is 4.79 Å². The van der Waals surface area contributed by atoms with Crippen LogP contribution in [0, 0.1) is 0 Å². The molecule has 0 aliphatic carbocycles. The predicted molar refractivity (Wildman–Crippen MR) is 57.1 cm³/mol. The Bertz CT molecular complexity index is 146. The van der Waals surface area contributed by atoms with E-state index in [2.05, 4.69) is 10.6 Å². The number of aliphatic hydroxyl groups is 1. The Morgan fingerprint density at radius 3 is 2.50 bits per heavy atom. The lowest BCUT2D eigenvalue weighted by atomic mass is 10.2. The van der Waals surface area contributed by atoms with Crippen molar-refractivity contribution in [1.29, 1.82) is 0 Å². The molecular weight excluding hydrogens is 180 g/mol. The molecule has 0 bridgehead atoms. The average molecular weight is 202 g/mol. The monoisotopic (exact) mass is 202 g/mol. The molecule has 0 aromatic heterocycles. The number of hydrogen-bond acceptors (Lipinski definition) is 3. The topological polar surface area (TPSA) is 61.4 Å². The molecule has 2 unspecified atom stereocenters. The van der Waals surface area contributed by atoms with Crippen LogP contribution < -0.4 is 10.6 Å². The maximum absolute atomic E-state index is 11.4. The second-order valence-corrected chi connectivity index (χ2v) is 3.64. The zero-order chi connectivity index (χ0) is 11.0. The Balaban J connectivity index is 3.63. The van der Waals surface area contributed by atoms with Gasteiger partial charge in [-0.3, -0.25) is 4.79 Å². The molecule has 0 spiro atoms. The van der Waals surface area contributed by atoms with Crippen molar-refractivity contribution in [2.24, 2.45) is 0 Å². The van der Waals surface area contributed by atoms with Crippen LogP contribution in [0.2, 0.25) is 0 Å². The van der Waals surface area contributed by atoms with E-state index in [1.807, 2.05) is 20.8 Å². The SMILES string of the molecule is CCNC(C)CC(=O)NC(C)CCO. The van der Waals surface area contributed by atoms with Crippen LogP contribution in [0.25, 0.3) is 0 Å². The smallest absolute Gasteiger partial charge is 0.221 e. The fourth-order valence-corrected chi connectivity index (χ4v) is 1.30. The van der Waals surface area contributed by atoms with Crippen LogP contribution in [0.15, 0.2) is 0 Å². The maximum Gasteiger partial charge on any atom is 0.221 e. The number of carbonyl (C=O) groups excluding carboxylic acids is 1. The molecule has 84 valence electrons. The molecule has 0 saturated heterocycles. The van der Waals surface area contributed by atoms with Gasteiger partial charge in [0, 0.05) is 25.1 Å². The van der Waals surface area contributed by atoms with E-state index in [1.54, 1.807) is 0 Å². The van der Waals surface area contributed by atoms with Crippen LogP contribution in [-0.2, 0) is 4.79 Å². The second-order valence-electron chi connectivity index (χ2n) is 3.64. The van der Waals surface area contributed by atoms with Crippen LogP contribution in [-0.4, -0.2) is 36.2 Å². The quantitative estimate of drug-likeness (QED) is 0.555. The molecule has 0 aliphatic heterocycles. The summed E-state index contributed by atoms with van der Waals surface area (Å²) < 4.78 is 0. The summed E-state index contributed by atoms with van der Waals surface area (Å²) in [6.45, 7) is 6.89. The number of nitrogens with one attached hydrogen (secondary N) is 2. The van der Waals surface area contributed by atoms with Gasteiger partial charge in [0.05, 0.1) is 0 Å². The van der Waals surface area contributed by atoms with E-state index in [-0.39, 0.29) is 24.6 Å². The average Bonchev–Trinajstić information content (AvgIpc) is 2.03. The molecule has 0 aromatic carbocycles. The highest BCUT2D eigenvalue weighted by molar-refractivity contribution is 5.76. The van der Waals surface area contributed by atoms with Gasteiger partial charge in [0.2, 0.25) is 5.91 Å². The van der Waals surface area contributed by atoms with Gasteiger partial charge in [-0.15, -0.1) is 0 Å². The summed E-state index contributed by atoms with van der Waals surface area (Å²) in [5.41, 5.74) is 0. The molecule has 0 heterocycles. The molecule has 3 N–H and O–H groups in total. The van der Waals surface area contributed by atoms with Crippen molar-refractivity contribution in [2.45, 2.75) is 45.7 Å². The third-order valence-corrected chi connectivity index (χ3v) is 2.01. The van der Waals surface area contributed by atoms with Crippen molar-refractivity contribution >= 4 is 5.91 Å². The van der Waals surface area contributed by atoms with Crippen LogP contribution in [0.5, 0.6) is 0 Å². The van der Waals surface area contributed by atoms with Crippen molar-refractivity contribution < 1.29 is 9.90 Å². The maximum atomic E-state index is 11.4. The fraction of sp³-hybridized carbons (Fsp3) is 0.900. The molecule has 2 atom stereocenters. The minimum atomic E-state index is 0.0411. The summed E-state index contributed by atoms with van der Waals surface area (Å²) in [4.78, 5) is 11.4. The van der Waals surface area contributed by atoms with Gasteiger partial charge in [-0.25, -0.2) is 0 Å². The summed E-state index contributed by atoms with van der Waals surface area (Å²) in [5, 5.41) is 14.7. The summed E-state index contributed by atoms with van der Waals surface area (Å²) in [6.07, 6.45) is 1.10. The van der Waals surface area contributed by atoms with Gasteiger partial charge in [-0.2, -0.15) is 0 Å². The number of hydrogen-bond donors (Lipinski definition) is 3. The highest BCUT2D eigenvalue weighted by atomic mass is 16.3. The first-order valence-electron chi connectivity index (χ1n) is 5.23. The Morgan fingerprint density at radius 1 is 1.36 bits per heavy atom. The highest BCUT2D eigenvalue weighted by Crippen LogP contribution is 1.94. The first-order valence-corrected chi connectivity index (χ1v) is 5.23. The minimum Gasteiger partial charge on any atom is -0.396 e. The summed E-state index contributed by atoms with van der Waals surface area (Å²) >= 11 is 0. The third-order valence-electron chi connectivity index (χ3n) is 2.01. The van der Waals surface area contributed by atoms with E-state index in [0.717, 1.165) is 6.54 Å². The standard InChI is InChI=1S/C10H22N2O2/c1-4-11-9(3)7-10(14)12-8(2)5-6-13/h8-9,11,13H,4-7H2,1-3H3,(H,12,14). The highest BCUT2D eigenvalue weighted by Gasteiger charge is 2.10. The fourth-order valence-electron chi connectivity index (χ4n) is 1.30. The zero-order valence-electron chi connectivity index (χ0n) is 9.34. The summed E-state index contributed by atoms with van der Waals surface area (Å²) in [6, 6.07) is 0.266. The predicted octanol–water partition coefficient (Wildman–Crippen LogP) is 0.262. The van der Waals surface area contributed by atoms with Crippen LogP contribution in [0.4, 0.5) is 0 Å². The molecule has 0 radical (unpaired) electrons. The summed E-state index contributed by atoms with van der Waals surface area (Å²) in [7, 11) is 0. The van der Waals surface area contributed by atoms with Crippen molar-refractivity contribution in [3.63, 3.8) is 0 Å². The van der Waals surface area contributed by atoms with Crippen molar-refractivity contribution in [3.05, 3.63) is 0 Å². The van der Waals surface area contributed by atoms with Gasteiger partial charge in [0.25, 0.3) is 0 Å². The second kappa shape index (κ2) is 7.76. The largest absolute Gasteiger partial charge is 0.396 e. The molecule has 1 amide bonds. The number of rotatable bonds is 7. The normalized spacial score (nSPS) is 14.9. The number of amides is 1. The first-order chi connectivity index (χ1) is 6.60. The summed E-state index contributed by atoms with van der Waals surface area (Å²) in [5.74, 6) is 0.0411. The molecule has 4 heteroatoms. The number of aliphatic hydroxyl groups excluding tert-OH is 1. The van der Waals surface area contributed by atoms with Crippen LogP contribution in [0.3, 0.4) is 0 Å². The Morgan fingerprint density at radius 2 is 2.00 bits per heavy atom. The van der Waals surface area contributed by atoms with Gasteiger partial charge in [-0.1, -0.05) is 6.92 Å². The Hall–Kier alpha value is -0.610. The van der Waals surface area contributed by atoms with Gasteiger partial charge in [-0.05, 0) is 26.8 Å². The molecule has 0 rings (SSSR count). The van der Waals surface area contributed by atoms with E-state index in [0.29, 0.717) is 12.8 Å². The van der Waals surface area contributed by atoms with E-state index >= 15 is 0 Å². The molecule has 4 nitrogen and oxygen atoms in total. The minimum absolute atomic E-state index is 0.0411.